The van der Waals surface area contributed by atoms with Gasteiger partial charge in [-0.25, -0.2) is 0 Å². The van der Waals surface area contributed by atoms with Gasteiger partial charge in [0.2, 0.25) is 5.91 Å². The molecule has 0 aromatic heterocycles. The number of carboxylic acids is 1. The molecule has 1 aliphatic carbocycles. The number of carboxylic acid groups (broad SMARTS) is 1. The van der Waals surface area contributed by atoms with Crippen molar-refractivity contribution in [1.82, 2.24) is 5.32 Å². The fraction of sp³-hybridized carbons (Fsp3) is 0.467. The van der Waals surface area contributed by atoms with Crippen molar-refractivity contribution < 1.29 is 14.7 Å². The molecule has 2 atom stereocenters. The number of aryl methyl sites for hydroxylation is 1. The van der Waals surface area contributed by atoms with Crippen molar-refractivity contribution in [3.63, 3.8) is 0 Å². The molecule has 2 rings (SSSR count). The van der Waals surface area contributed by atoms with Crippen LogP contribution in [0.2, 0.25) is 0 Å². The second-order valence-electron chi connectivity index (χ2n) is 5.09. The van der Waals surface area contributed by atoms with E-state index < -0.39 is 5.97 Å². The Bertz CT molecular complexity index is 484. The van der Waals surface area contributed by atoms with Gasteiger partial charge in [-0.15, -0.1) is 0 Å². The molecule has 102 valence electrons. The second-order valence-corrected chi connectivity index (χ2v) is 5.09. The highest BCUT2D eigenvalue weighted by Crippen LogP contribution is 2.48. The average Bonchev–Trinajstić information content (AvgIpc) is 3.15. The van der Waals surface area contributed by atoms with E-state index in [1.54, 1.807) is 0 Å². The number of aliphatic carboxylic acids is 1. The SMILES string of the molecule is Cc1ccccc1[C@H]1C[C@H]1C(=O)NCCCC(=O)O. The summed E-state index contributed by atoms with van der Waals surface area (Å²) in [5, 5.41) is 11.3. The number of benzene rings is 1. The van der Waals surface area contributed by atoms with E-state index in [9.17, 15) is 9.59 Å². The van der Waals surface area contributed by atoms with Crippen LogP contribution in [0.25, 0.3) is 0 Å². The van der Waals surface area contributed by atoms with Crippen molar-refractivity contribution in [2.45, 2.75) is 32.1 Å². The Labute approximate surface area is 112 Å². The highest BCUT2D eigenvalue weighted by atomic mass is 16.4. The Hall–Kier alpha value is -1.84. The van der Waals surface area contributed by atoms with Crippen molar-refractivity contribution >= 4 is 11.9 Å². The molecule has 1 saturated carbocycles. The van der Waals surface area contributed by atoms with Crippen LogP contribution in [-0.4, -0.2) is 23.5 Å². The maximum Gasteiger partial charge on any atom is 0.303 e. The van der Waals surface area contributed by atoms with E-state index in [1.165, 1.54) is 11.1 Å². The van der Waals surface area contributed by atoms with Gasteiger partial charge in [-0.3, -0.25) is 9.59 Å². The number of carbonyl (C=O) groups is 2. The van der Waals surface area contributed by atoms with Gasteiger partial charge < -0.3 is 10.4 Å². The minimum atomic E-state index is -0.821. The Balaban J connectivity index is 1.78. The Morgan fingerprint density at radius 1 is 1.37 bits per heavy atom. The van der Waals surface area contributed by atoms with Gasteiger partial charge in [0.15, 0.2) is 0 Å². The van der Waals surface area contributed by atoms with Crippen molar-refractivity contribution in [3.05, 3.63) is 35.4 Å². The number of hydrogen-bond donors (Lipinski definition) is 2. The van der Waals surface area contributed by atoms with E-state index in [-0.39, 0.29) is 18.2 Å². The zero-order chi connectivity index (χ0) is 13.8. The summed E-state index contributed by atoms with van der Waals surface area (Å²) in [4.78, 5) is 22.2. The first-order valence-electron chi connectivity index (χ1n) is 6.64. The van der Waals surface area contributed by atoms with Crippen LogP contribution in [0.3, 0.4) is 0 Å². The molecule has 1 aliphatic rings. The molecule has 0 spiro atoms. The summed E-state index contributed by atoms with van der Waals surface area (Å²) in [7, 11) is 0. The molecule has 4 nitrogen and oxygen atoms in total. The Morgan fingerprint density at radius 3 is 2.79 bits per heavy atom. The summed E-state index contributed by atoms with van der Waals surface area (Å²) in [5.41, 5.74) is 2.49. The van der Waals surface area contributed by atoms with Crippen LogP contribution in [0.4, 0.5) is 0 Å². The van der Waals surface area contributed by atoms with Crippen LogP contribution < -0.4 is 5.32 Å². The lowest BCUT2D eigenvalue weighted by Crippen LogP contribution is -2.26. The summed E-state index contributed by atoms with van der Waals surface area (Å²) in [5.74, 6) is -0.372. The molecule has 1 amide bonds. The summed E-state index contributed by atoms with van der Waals surface area (Å²) in [6.07, 6.45) is 1.49. The largest absolute Gasteiger partial charge is 0.481 e. The molecule has 4 heteroatoms. The third-order valence-corrected chi connectivity index (χ3v) is 3.58. The number of amides is 1. The number of hydrogen-bond acceptors (Lipinski definition) is 2. The van der Waals surface area contributed by atoms with E-state index >= 15 is 0 Å². The van der Waals surface area contributed by atoms with Gasteiger partial charge in [0.25, 0.3) is 0 Å². The van der Waals surface area contributed by atoms with Gasteiger partial charge in [0, 0.05) is 18.9 Å². The lowest BCUT2D eigenvalue weighted by atomic mass is 10.0. The average molecular weight is 261 g/mol. The molecule has 0 bridgehead atoms. The first-order valence-corrected chi connectivity index (χ1v) is 6.64. The highest BCUT2D eigenvalue weighted by Gasteiger charge is 2.44. The topological polar surface area (TPSA) is 66.4 Å². The third-order valence-electron chi connectivity index (χ3n) is 3.58. The molecule has 0 unspecified atom stereocenters. The molecular formula is C15H19NO3. The molecule has 1 fully saturated rings. The molecule has 0 aliphatic heterocycles. The Morgan fingerprint density at radius 2 is 2.11 bits per heavy atom. The van der Waals surface area contributed by atoms with Crippen LogP contribution in [0.5, 0.6) is 0 Å². The standard InChI is InChI=1S/C15H19NO3/c1-10-5-2-3-6-11(10)12-9-13(12)15(19)16-8-4-7-14(17)18/h2-3,5-6,12-13H,4,7-9H2,1H3,(H,16,19)(H,17,18)/t12-,13-/m1/s1. The van der Waals surface area contributed by atoms with E-state index in [0.717, 1.165) is 6.42 Å². The second kappa shape index (κ2) is 5.87. The van der Waals surface area contributed by atoms with Crippen LogP contribution in [-0.2, 0) is 9.59 Å². The lowest BCUT2D eigenvalue weighted by molar-refractivity contribution is -0.137. The minimum Gasteiger partial charge on any atom is -0.481 e. The molecular weight excluding hydrogens is 242 g/mol. The molecule has 1 aromatic carbocycles. The summed E-state index contributed by atoms with van der Waals surface area (Å²) >= 11 is 0. The van der Waals surface area contributed by atoms with E-state index in [4.69, 9.17) is 5.11 Å². The van der Waals surface area contributed by atoms with Gasteiger partial charge in [-0.1, -0.05) is 24.3 Å². The first kappa shape index (κ1) is 13.6. The van der Waals surface area contributed by atoms with Gasteiger partial charge >= 0.3 is 5.97 Å². The first-order chi connectivity index (χ1) is 9.09. The zero-order valence-corrected chi connectivity index (χ0v) is 11.1. The summed E-state index contributed by atoms with van der Waals surface area (Å²) in [6.45, 7) is 2.51. The van der Waals surface area contributed by atoms with E-state index in [2.05, 4.69) is 24.4 Å². The smallest absolute Gasteiger partial charge is 0.303 e. The van der Waals surface area contributed by atoms with Crippen LogP contribution in [0, 0.1) is 12.8 Å². The number of rotatable bonds is 6. The predicted molar refractivity (Wildman–Crippen MR) is 71.9 cm³/mol. The molecule has 0 heterocycles. The summed E-state index contributed by atoms with van der Waals surface area (Å²) < 4.78 is 0. The van der Waals surface area contributed by atoms with Crippen LogP contribution in [0.15, 0.2) is 24.3 Å². The molecule has 2 N–H and O–H groups in total. The highest BCUT2D eigenvalue weighted by molar-refractivity contribution is 5.83. The lowest BCUT2D eigenvalue weighted by Gasteiger charge is -2.06. The third kappa shape index (κ3) is 3.56. The molecule has 0 radical (unpaired) electrons. The molecule has 1 aromatic rings. The van der Waals surface area contributed by atoms with E-state index in [1.807, 2.05) is 12.1 Å². The monoisotopic (exact) mass is 261 g/mol. The van der Waals surface area contributed by atoms with Gasteiger partial charge in [0.05, 0.1) is 0 Å². The molecule has 19 heavy (non-hydrogen) atoms. The Kier molecular flexibility index (Phi) is 4.20. The van der Waals surface area contributed by atoms with Crippen molar-refractivity contribution in [2.75, 3.05) is 6.54 Å². The minimum absolute atomic E-state index is 0.0543. The van der Waals surface area contributed by atoms with Crippen molar-refractivity contribution in [2.24, 2.45) is 5.92 Å². The maximum atomic E-state index is 11.9. The number of carbonyl (C=O) groups excluding carboxylic acids is 1. The molecule has 0 saturated heterocycles. The quantitative estimate of drug-likeness (QED) is 0.770. The van der Waals surface area contributed by atoms with Crippen LogP contribution in [0.1, 0.15) is 36.3 Å². The zero-order valence-electron chi connectivity index (χ0n) is 11.1. The van der Waals surface area contributed by atoms with Gasteiger partial charge in [-0.05, 0) is 36.8 Å². The fourth-order valence-corrected chi connectivity index (χ4v) is 2.41. The van der Waals surface area contributed by atoms with Crippen LogP contribution >= 0.6 is 0 Å². The van der Waals surface area contributed by atoms with E-state index in [0.29, 0.717) is 18.9 Å². The van der Waals surface area contributed by atoms with Gasteiger partial charge in [-0.2, -0.15) is 0 Å². The number of nitrogens with one attached hydrogen (secondary N) is 1. The predicted octanol–water partition coefficient (Wildman–Crippen LogP) is 2.08. The maximum absolute atomic E-state index is 11.9. The van der Waals surface area contributed by atoms with Crippen molar-refractivity contribution in [1.29, 1.82) is 0 Å². The van der Waals surface area contributed by atoms with Gasteiger partial charge in [0.1, 0.15) is 0 Å². The van der Waals surface area contributed by atoms with Crippen molar-refractivity contribution in [3.8, 4) is 0 Å². The normalized spacial score (nSPS) is 20.9. The summed E-state index contributed by atoms with van der Waals surface area (Å²) in [6, 6.07) is 8.15. The fourth-order valence-electron chi connectivity index (χ4n) is 2.41.